The van der Waals surface area contributed by atoms with Crippen LogP contribution in [0, 0.1) is 16.7 Å². The Hall–Kier alpha value is -6.69. The molecule has 0 radical (unpaired) electrons. The standard InChI is InChI=1S/C59H77N7O14Si2/c1-13-81(14-2,15-3)79-44-32-45-58(34-74-45,78-37(9)68)50-52(77-54(71)40-29-41(63-65-60)31-42(30-40)64-66-61)59(73)33-43(35(7)46(56(59,10)11)48(75-36(8)67)51(69)57(44,50)12)76-55(72)49(80-82(16-4,17-5)18-6)47(38-25-21-19-22-26-38)62-53(70)39-27-23-20-24-28-39/h19-31,43-45,47-50,52,73H,13-18,32-34H2,1-12H3,(H,62,70)/t43-,44-,45+,47-,48+,49+,50-,52-,57+,58-,59+/m0/s1. The lowest BCUT2D eigenvalue weighted by Gasteiger charge is -2.68. The Morgan fingerprint density at radius 1 is 0.780 bits per heavy atom. The van der Waals surface area contributed by atoms with Crippen LogP contribution in [0.4, 0.5) is 11.4 Å². The fourth-order valence-corrected chi connectivity index (χ4v) is 19.1. The predicted octanol–water partition coefficient (Wildman–Crippen LogP) is 11.7. The molecule has 1 heterocycles. The number of carbonyl (C=O) groups is 6. The van der Waals surface area contributed by atoms with Gasteiger partial charge in [-0.05, 0) is 108 Å². The molecule has 1 aliphatic heterocycles. The molecule has 0 unspecified atom stereocenters. The average Bonchev–Trinajstić information content (AvgIpc) is 1.12. The lowest BCUT2D eigenvalue weighted by atomic mass is 9.44. The number of benzene rings is 3. The second-order valence-electron chi connectivity index (χ2n) is 22.8. The number of esters is 4. The smallest absolute Gasteiger partial charge is 0.338 e. The van der Waals surface area contributed by atoms with Gasteiger partial charge in [0, 0.05) is 58.9 Å². The summed E-state index contributed by atoms with van der Waals surface area (Å²) in [5.74, 6) is -6.55. The highest BCUT2D eigenvalue weighted by molar-refractivity contribution is 6.74. The minimum atomic E-state index is -2.82. The molecule has 7 rings (SSSR count). The molecule has 3 aliphatic carbocycles. The van der Waals surface area contributed by atoms with Gasteiger partial charge in [0.05, 0.1) is 35.6 Å². The van der Waals surface area contributed by atoms with Crippen LogP contribution in [0.2, 0.25) is 36.3 Å². The Kier molecular flexibility index (Phi) is 19.2. The van der Waals surface area contributed by atoms with Crippen molar-refractivity contribution in [1.29, 1.82) is 0 Å². The first kappa shape index (κ1) is 62.9. The van der Waals surface area contributed by atoms with Gasteiger partial charge in [0.25, 0.3) is 5.91 Å². The molecule has 21 nitrogen and oxygen atoms in total. The molecule has 1 amide bonds. The van der Waals surface area contributed by atoms with Crippen molar-refractivity contribution in [3.8, 4) is 0 Å². The van der Waals surface area contributed by atoms with E-state index in [2.05, 4.69) is 25.4 Å². The van der Waals surface area contributed by atoms with Crippen molar-refractivity contribution in [3.05, 3.63) is 128 Å². The molecular weight excluding hydrogens is 1090 g/mol. The number of hydrogen-bond acceptors (Lipinski definition) is 16. The molecule has 0 aromatic heterocycles. The van der Waals surface area contributed by atoms with Gasteiger partial charge in [0.1, 0.15) is 23.9 Å². The molecule has 4 aliphatic rings. The summed E-state index contributed by atoms with van der Waals surface area (Å²) >= 11 is 0. The Morgan fingerprint density at radius 3 is 1.84 bits per heavy atom. The lowest BCUT2D eigenvalue weighted by molar-refractivity contribution is -0.344. The molecule has 11 atom stereocenters. The van der Waals surface area contributed by atoms with E-state index in [4.69, 9.17) is 32.5 Å². The van der Waals surface area contributed by atoms with Crippen molar-refractivity contribution in [2.24, 2.45) is 27.0 Å². The zero-order valence-electron chi connectivity index (χ0n) is 48.9. The molecule has 3 aromatic rings. The minimum absolute atomic E-state index is 0.000908. The lowest BCUT2D eigenvalue weighted by Crippen LogP contribution is -2.82. The first-order chi connectivity index (χ1) is 38.9. The number of fused-ring (bicyclic) bond motifs is 5. The van der Waals surface area contributed by atoms with Gasteiger partial charge in [-0.3, -0.25) is 19.2 Å². The van der Waals surface area contributed by atoms with Gasteiger partial charge in [-0.1, -0.05) is 114 Å². The van der Waals surface area contributed by atoms with Crippen molar-refractivity contribution in [2.75, 3.05) is 6.61 Å². The molecule has 2 N–H and O–H groups in total. The van der Waals surface area contributed by atoms with E-state index in [0.717, 1.165) is 6.92 Å². The molecule has 2 bridgehead atoms. The van der Waals surface area contributed by atoms with Crippen LogP contribution in [0.1, 0.15) is 128 Å². The maximum atomic E-state index is 16.8. The van der Waals surface area contributed by atoms with Crippen molar-refractivity contribution in [1.82, 2.24) is 5.32 Å². The second kappa shape index (κ2) is 25.0. The number of Topliss-reactive ketones (excluding diaryl/α,β-unsaturated/α-hetero) is 1. The molecule has 82 heavy (non-hydrogen) atoms. The highest BCUT2D eigenvalue weighted by atomic mass is 28.4. The summed E-state index contributed by atoms with van der Waals surface area (Å²) in [6.07, 6.45) is -9.42. The Morgan fingerprint density at radius 2 is 1.34 bits per heavy atom. The highest BCUT2D eigenvalue weighted by Crippen LogP contribution is 2.65. The van der Waals surface area contributed by atoms with E-state index in [1.807, 2.05) is 41.5 Å². The van der Waals surface area contributed by atoms with Gasteiger partial charge in [-0.2, -0.15) is 0 Å². The first-order valence-electron chi connectivity index (χ1n) is 28.3. The van der Waals surface area contributed by atoms with E-state index in [-0.39, 0.29) is 41.1 Å². The largest absolute Gasteiger partial charge is 0.456 e. The van der Waals surface area contributed by atoms with Gasteiger partial charge in [-0.25, -0.2) is 9.59 Å². The maximum Gasteiger partial charge on any atom is 0.338 e. The number of rotatable bonds is 22. The summed E-state index contributed by atoms with van der Waals surface area (Å²) in [4.78, 5) is 95.3. The number of nitrogens with one attached hydrogen (secondary N) is 1. The van der Waals surface area contributed by atoms with Crippen LogP contribution in [0.3, 0.4) is 0 Å². The van der Waals surface area contributed by atoms with Crippen LogP contribution < -0.4 is 5.32 Å². The van der Waals surface area contributed by atoms with E-state index >= 15 is 14.4 Å². The normalized spacial score (nSPS) is 27.2. The van der Waals surface area contributed by atoms with Crippen molar-refractivity contribution in [3.63, 3.8) is 0 Å². The average molecular weight is 1160 g/mol. The van der Waals surface area contributed by atoms with Crippen LogP contribution >= 0.6 is 0 Å². The van der Waals surface area contributed by atoms with E-state index in [1.165, 1.54) is 25.1 Å². The number of ether oxygens (including phenoxy) is 5. The van der Waals surface area contributed by atoms with E-state index in [1.54, 1.807) is 88.4 Å². The molecule has 440 valence electrons. The number of carbonyl (C=O) groups excluding carboxylic acids is 6. The van der Waals surface area contributed by atoms with E-state index in [9.17, 15) is 30.6 Å². The third-order valence-electron chi connectivity index (χ3n) is 18.5. The second-order valence-corrected chi connectivity index (χ2v) is 32.2. The summed E-state index contributed by atoms with van der Waals surface area (Å²) in [5.41, 5.74) is 11.4. The van der Waals surface area contributed by atoms with Crippen LogP contribution in [0.25, 0.3) is 20.9 Å². The van der Waals surface area contributed by atoms with Crippen molar-refractivity contribution < 1.29 is 66.4 Å². The molecular formula is C59H77N7O14Si2. The molecule has 2 saturated carbocycles. The highest BCUT2D eigenvalue weighted by Gasteiger charge is 2.79. The van der Waals surface area contributed by atoms with E-state index < -0.39 is 129 Å². The van der Waals surface area contributed by atoms with E-state index in [0.29, 0.717) is 47.4 Å². The van der Waals surface area contributed by atoms with Crippen LogP contribution in [0.5, 0.6) is 0 Å². The van der Waals surface area contributed by atoms with Gasteiger partial charge in [-0.15, -0.1) is 0 Å². The van der Waals surface area contributed by atoms with Gasteiger partial charge in [0.15, 0.2) is 40.2 Å². The number of aliphatic hydroxyl groups is 1. The monoisotopic (exact) mass is 1160 g/mol. The number of ketones is 1. The third kappa shape index (κ3) is 11.5. The summed E-state index contributed by atoms with van der Waals surface area (Å²) in [6.45, 7) is 20.5. The fourth-order valence-electron chi connectivity index (χ4n) is 13.4. The van der Waals surface area contributed by atoms with Crippen molar-refractivity contribution in [2.45, 2.75) is 186 Å². The first-order valence-corrected chi connectivity index (χ1v) is 33.3. The maximum absolute atomic E-state index is 16.8. The summed E-state index contributed by atoms with van der Waals surface area (Å²) in [7, 11) is -5.58. The molecule has 3 aromatic carbocycles. The summed E-state index contributed by atoms with van der Waals surface area (Å²) in [6, 6.07) is 23.5. The molecule has 0 spiro atoms. The predicted molar refractivity (Wildman–Crippen MR) is 307 cm³/mol. The number of hydrogen-bond donors (Lipinski definition) is 2. The Bertz CT molecular complexity index is 3000. The van der Waals surface area contributed by atoms with Crippen molar-refractivity contribution >= 4 is 63.6 Å². The molecule has 3 fully saturated rings. The zero-order chi connectivity index (χ0) is 60.2. The third-order valence-corrected chi connectivity index (χ3v) is 27.8. The topological polar surface area (TPSA) is 297 Å². The van der Waals surface area contributed by atoms with Crippen LogP contribution in [-0.4, -0.2) is 112 Å². The SMILES string of the molecule is CC[Si](CC)(CC)O[C@H]1C[C@H]2OC[C@@]2(OC(C)=O)[C@H]2[C@H](OC(=O)c3cc(N=[N+]=[N-])cc(N=[N+]=[N-])c3)[C@]3(O)C[C@H](OC(=O)[C@H](O[Si](CC)(CC)CC)[C@@H](NC(=O)c4ccccc4)c4ccccc4)C(C)=C([C@@H](OC(C)=O)C(=O)[C@]12C)C3(C)C. The van der Waals surface area contributed by atoms with Gasteiger partial charge < -0.3 is 43.0 Å². The quantitative estimate of drug-likeness (QED) is 0.0180. The number of amides is 1. The Balaban J connectivity index is 1.53. The fraction of sp³-hybridized carbons (Fsp3) is 0.559. The number of nitrogens with zero attached hydrogens (tertiary/aromatic N) is 6. The minimum Gasteiger partial charge on any atom is -0.456 e. The van der Waals surface area contributed by atoms with Crippen LogP contribution in [0.15, 0.2) is 100 Å². The summed E-state index contributed by atoms with van der Waals surface area (Å²) in [5, 5.41) is 25.0. The zero-order valence-corrected chi connectivity index (χ0v) is 50.9. The van der Waals surface area contributed by atoms with Gasteiger partial charge >= 0.3 is 23.9 Å². The Labute approximate surface area is 480 Å². The number of azide groups is 2. The molecule has 1 saturated heterocycles. The molecule has 23 heteroatoms. The summed E-state index contributed by atoms with van der Waals surface area (Å²) < 4.78 is 47.1. The van der Waals surface area contributed by atoms with Gasteiger partial charge in [0.2, 0.25) is 0 Å². The van der Waals surface area contributed by atoms with Crippen LogP contribution in [-0.2, 0) is 51.7 Å².